The fraction of sp³-hybridized carbons (Fsp3) is 0.368. The summed E-state index contributed by atoms with van der Waals surface area (Å²) in [6.45, 7) is 2.91. The summed E-state index contributed by atoms with van der Waals surface area (Å²) in [4.78, 5) is 16.8. The molecule has 0 spiro atoms. The summed E-state index contributed by atoms with van der Waals surface area (Å²) in [6.07, 6.45) is 4.24. The second-order valence-corrected chi connectivity index (χ2v) is 10.8. The van der Waals surface area contributed by atoms with E-state index < -0.39 is 10.0 Å². The van der Waals surface area contributed by atoms with Crippen LogP contribution in [0.25, 0.3) is 0 Å². The van der Waals surface area contributed by atoms with Gasteiger partial charge in [-0.05, 0) is 56.2 Å². The molecule has 2 aromatic rings. The van der Waals surface area contributed by atoms with Crippen molar-refractivity contribution < 1.29 is 13.2 Å². The number of anilines is 1. The monoisotopic (exact) mass is 483 g/mol. The van der Waals surface area contributed by atoms with Gasteiger partial charge in [-0.3, -0.25) is 4.79 Å². The molecule has 3 rings (SSSR count). The van der Waals surface area contributed by atoms with Gasteiger partial charge in [0.25, 0.3) is 0 Å². The molecular weight excluding hydrogens is 462 g/mol. The van der Waals surface area contributed by atoms with E-state index >= 15 is 0 Å². The van der Waals surface area contributed by atoms with Crippen LogP contribution in [0.2, 0.25) is 0 Å². The van der Waals surface area contributed by atoms with Gasteiger partial charge in [0.05, 0.1) is 10.3 Å². The lowest BCUT2D eigenvalue weighted by Crippen LogP contribution is -2.35. The van der Waals surface area contributed by atoms with Crippen molar-refractivity contribution in [3.05, 3.63) is 47.1 Å². The molecule has 2 heterocycles. The summed E-state index contributed by atoms with van der Waals surface area (Å²) in [6, 6.07) is 10.6. The van der Waals surface area contributed by atoms with Crippen molar-refractivity contribution in [2.75, 3.05) is 18.4 Å². The molecular formula is C19H22BrN3O3S2. The van der Waals surface area contributed by atoms with Crippen molar-refractivity contribution >= 4 is 49.3 Å². The third-order valence-electron chi connectivity index (χ3n) is 4.44. The van der Waals surface area contributed by atoms with E-state index in [-0.39, 0.29) is 16.1 Å². The largest absolute Gasteiger partial charge is 0.325 e. The third-order valence-corrected chi connectivity index (χ3v) is 7.90. The van der Waals surface area contributed by atoms with E-state index in [1.165, 1.54) is 22.3 Å². The number of amides is 1. The second kappa shape index (κ2) is 9.39. The Balaban J connectivity index is 1.61. The molecule has 0 radical (unpaired) electrons. The van der Waals surface area contributed by atoms with Gasteiger partial charge in [0.15, 0.2) is 0 Å². The minimum absolute atomic E-state index is 0.140. The summed E-state index contributed by atoms with van der Waals surface area (Å²) in [5.74, 6) is -0.140. The van der Waals surface area contributed by atoms with Gasteiger partial charge in [0.2, 0.25) is 15.9 Å². The highest BCUT2D eigenvalue weighted by molar-refractivity contribution is 9.10. The van der Waals surface area contributed by atoms with E-state index in [0.717, 1.165) is 29.4 Å². The smallest absolute Gasteiger partial charge is 0.244 e. The van der Waals surface area contributed by atoms with Crippen molar-refractivity contribution in [3.8, 4) is 0 Å². The molecule has 1 saturated heterocycles. The Labute approximate surface area is 178 Å². The molecule has 9 heteroatoms. The van der Waals surface area contributed by atoms with Crippen LogP contribution in [0.5, 0.6) is 0 Å². The molecule has 1 N–H and O–H groups in total. The van der Waals surface area contributed by atoms with Crippen molar-refractivity contribution in [3.63, 3.8) is 0 Å². The number of rotatable bonds is 6. The number of hydrogen-bond donors (Lipinski definition) is 1. The van der Waals surface area contributed by atoms with Crippen LogP contribution in [0.15, 0.2) is 57.0 Å². The van der Waals surface area contributed by atoms with Gasteiger partial charge >= 0.3 is 0 Å². The molecule has 0 bridgehead atoms. The fourth-order valence-electron chi connectivity index (χ4n) is 2.86. The van der Waals surface area contributed by atoms with Crippen LogP contribution in [0, 0.1) is 0 Å². The Morgan fingerprint density at radius 3 is 2.43 bits per heavy atom. The van der Waals surface area contributed by atoms with Gasteiger partial charge in [-0.2, -0.15) is 4.31 Å². The topological polar surface area (TPSA) is 79.4 Å². The highest BCUT2D eigenvalue weighted by Crippen LogP contribution is 2.25. The van der Waals surface area contributed by atoms with E-state index in [9.17, 15) is 13.2 Å². The SMILES string of the molecule is CC(Sc1ccc(S(=O)(=O)N2CCCCC2)cn1)C(=O)Nc1ccc(Br)cc1. The Hall–Kier alpha value is -1.42. The number of aromatic nitrogens is 1. The van der Waals surface area contributed by atoms with E-state index in [2.05, 4.69) is 26.2 Å². The number of piperidine rings is 1. The van der Waals surface area contributed by atoms with Crippen LogP contribution in [0.3, 0.4) is 0 Å². The Kier molecular flexibility index (Phi) is 7.14. The van der Waals surface area contributed by atoms with Crippen molar-refractivity contribution in [2.24, 2.45) is 0 Å². The number of halogens is 1. The zero-order valence-electron chi connectivity index (χ0n) is 15.5. The number of pyridine rings is 1. The Morgan fingerprint density at radius 1 is 1.14 bits per heavy atom. The number of thioether (sulfide) groups is 1. The number of nitrogens with zero attached hydrogens (tertiary/aromatic N) is 2. The Morgan fingerprint density at radius 2 is 1.82 bits per heavy atom. The van der Waals surface area contributed by atoms with Crippen molar-refractivity contribution in [2.45, 2.75) is 41.4 Å². The third kappa shape index (κ3) is 5.34. The first-order chi connectivity index (χ1) is 13.4. The first kappa shape index (κ1) is 21.3. The Bertz CT molecular complexity index is 912. The van der Waals surface area contributed by atoms with Gasteiger partial charge in [0.1, 0.15) is 4.90 Å². The second-order valence-electron chi connectivity index (χ2n) is 6.55. The quantitative estimate of drug-likeness (QED) is 0.624. The minimum Gasteiger partial charge on any atom is -0.325 e. The zero-order chi connectivity index (χ0) is 20.1. The van der Waals surface area contributed by atoms with E-state index in [1.807, 2.05) is 24.3 Å². The summed E-state index contributed by atoms with van der Waals surface area (Å²) in [5.41, 5.74) is 0.719. The first-order valence-corrected chi connectivity index (χ1v) is 12.2. The average Bonchev–Trinajstić information content (AvgIpc) is 2.70. The predicted molar refractivity (Wildman–Crippen MR) is 115 cm³/mol. The number of sulfonamides is 1. The number of benzene rings is 1. The van der Waals surface area contributed by atoms with Gasteiger partial charge in [-0.15, -0.1) is 0 Å². The van der Waals surface area contributed by atoms with Gasteiger partial charge in [-0.25, -0.2) is 13.4 Å². The molecule has 1 aromatic heterocycles. The van der Waals surface area contributed by atoms with Crippen LogP contribution in [0.1, 0.15) is 26.2 Å². The normalized spacial score (nSPS) is 16.5. The van der Waals surface area contributed by atoms with Crippen LogP contribution in [-0.4, -0.2) is 42.0 Å². The van der Waals surface area contributed by atoms with Gasteiger partial charge in [0, 0.05) is 29.4 Å². The standard InChI is InChI=1S/C19H22BrN3O3S2/c1-14(19(24)22-16-7-5-15(20)6-8-16)27-18-10-9-17(13-21-18)28(25,26)23-11-3-2-4-12-23/h5-10,13-14H,2-4,11-12H2,1H3,(H,22,24). The van der Waals surface area contributed by atoms with E-state index in [4.69, 9.17) is 0 Å². The number of hydrogen-bond acceptors (Lipinski definition) is 5. The molecule has 1 aliphatic heterocycles. The minimum atomic E-state index is -3.49. The highest BCUT2D eigenvalue weighted by atomic mass is 79.9. The molecule has 150 valence electrons. The van der Waals surface area contributed by atoms with Crippen molar-refractivity contribution in [1.29, 1.82) is 0 Å². The molecule has 1 fully saturated rings. The number of carbonyl (C=O) groups excluding carboxylic acids is 1. The average molecular weight is 484 g/mol. The molecule has 1 unspecified atom stereocenters. The summed E-state index contributed by atoms with van der Waals surface area (Å²) in [5, 5.41) is 3.09. The summed E-state index contributed by atoms with van der Waals surface area (Å²) >= 11 is 4.65. The lowest BCUT2D eigenvalue weighted by molar-refractivity contribution is -0.115. The summed E-state index contributed by atoms with van der Waals surface area (Å²) in [7, 11) is -3.49. The van der Waals surface area contributed by atoms with Crippen LogP contribution in [-0.2, 0) is 14.8 Å². The maximum Gasteiger partial charge on any atom is 0.244 e. The molecule has 1 aliphatic rings. The zero-order valence-corrected chi connectivity index (χ0v) is 18.7. The fourth-order valence-corrected chi connectivity index (χ4v) is 5.37. The molecule has 0 saturated carbocycles. The molecule has 1 atom stereocenters. The molecule has 6 nitrogen and oxygen atoms in total. The lowest BCUT2D eigenvalue weighted by Gasteiger charge is -2.25. The van der Waals surface area contributed by atoms with Crippen LogP contribution in [0.4, 0.5) is 5.69 Å². The first-order valence-electron chi connectivity index (χ1n) is 9.05. The maximum atomic E-state index is 12.7. The van der Waals surface area contributed by atoms with E-state index in [1.54, 1.807) is 19.1 Å². The van der Waals surface area contributed by atoms with Crippen LogP contribution < -0.4 is 5.32 Å². The van der Waals surface area contributed by atoms with Crippen LogP contribution >= 0.6 is 27.7 Å². The summed E-state index contributed by atoms with van der Waals surface area (Å²) < 4.78 is 27.8. The molecule has 1 amide bonds. The van der Waals surface area contributed by atoms with E-state index in [0.29, 0.717) is 18.1 Å². The number of carbonyl (C=O) groups is 1. The van der Waals surface area contributed by atoms with Gasteiger partial charge < -0.3 is 5.32 Å². The van der Waals surface area contributed by atoms with Gasteiger partial charge in [-0.1, -0.05) is 34.1 Å². The maximum absolute atomic E-state index is 12.7. The van der Waals surface area contributed by atoms with Crippen molar-refractivity contribution in [1.82, 2.24) is 9.29 Å². The number of nitrogens with one attached hydrogen (secondary N) is 1. The molecule has 1 aromatic carbocycles. The highest BCUT2D eigenvalue weighted by Gasteiger charge is 2.26. The molecule has 0 aliphatic carbocycles. The molecule has 28 heavy (non-hydrogen) atoms. The predicted octanol–water partition coefficient (Wildman–Crippen LogP) is 4.14. The lowest BCUT2D eigenvalue weighted by atomic mass is 10.2.